The Hall–Kier alpha value is -4.66. The second-order valence-corrected chi connectivity index (χ2v) is 10.7. The molecule has 1 saturated heterocycles. The quantitative estimate of drug-likeness (QED) is 0.202. The summed E-state index contributed by atoms with van der Waals surface area (Å²) in [6.45, 7) is 10.3. The number of hydrogen-bond acceptors (Lipinski definition) is 10. The van der Waals surface area contributed by atoms with Gasteiger partial charge in [-0.25, -0.2) is 4.98 Å². The van der Waals surface area contributed by atoms with Crippen LogP contribution in [-0.2, 0) is 4.79 Å². The van der Waals surface area contributed by atoms with Crippen molar-refractivity contribution in [2.75, 3.05) is 54.1 Å². The summed E-state index contributed by atoms with van der Waals surface area (Å²) in [5.74, 6) is 0.868. The number of aliphatic hydroxyl groups excluding tert-OH is 1. The maximum absolute atomic E-state index is 12.3. The zero-order valence-corrected chi connectivity index (χ0v) is 25.0. The lowest BCUT2D eigenvalue weighted by Gasteiger charge is -2.38. The molecule has 2 heterocycles. The molecule has 0 aliphatic carbocycles. The molecule has 4 N–H and O–H groups in total. The first-order chi connectivity index (χ1) is 20.8. The van der Waals surface area contributed by atoms with Gasteiger partial charge < -0.3 is 35.6 Å². The average Bonchev–Trinajstić information content (AvgIpc) is 3.01. The van der Waals surface area contributed by atoms with Gasteiger partial charge in [0.2, 0.25) is 11.9 Å². The first kappa shape index (κ1) is 31.3. The summed E-state index contributed by atoms with van der Waals surface area (Å²) < 4.78 is 5.91. The van der Waals surface area contributed by atoms with Gasteiger partial charge in [0.25, 0.3) is 0 Å². The SMILES string of the molecule is C=CC(=O)Nc1cc(N2CCC(N(C)CCCO)CC2)ccc1Nc1ncc(C#N)c(Nc2ccccc2OC(C)C)n1. The number of aliphatic hydroxyl groups is 1. The number of aromatic nitrogens is 2. The minimum atomic E-state index is -0.339. The summed E-state index contributed by atoms with van der Waals surface area (Å²) in [5, 5.41) is 28.2. The Bertz CT molecular complexity index is 1450. The van der Waals surface area contributed by atoms with E-state index in [2.05, 4.69) is 55.4 Å². The molecule has 0 saturated carbocycles. The highest BCUT2D eigenvalue weighted by Crippen LogP contribution is 2.33. The molecule has 0 unspecified atom stereocenters. The number of hydrogen-bond donors (Lipinski definition) is 4. The van der Waals surface area contributed by atoms with Crippen LogP contribution in [0, 0.1) is 11.3 Å². The number of anilines is 6. The molecule has 0 spiro atoms. The molecule has 0 atom stereocenters. The topological polar surface area (TPSA) is 139 Å². The molecule has 0 radical (unpaired) electrons. The minimum Gasteiger partial charge on any atom is -0.489 e. The largest absolute Gasteiger partial charge is 0.489 e. The van der Waals surface area contributed by atoms with Crippen LogP contribution in [0.5, 0.6) is 5.75 Å². The second-order valence-electron chi connectivity index (χ2n) is 10.7. The molecule has 0 bridgehead atoms. The standard InChI is InChI=1S/C32H40N8O3/c1-5-30(42)35-28-19-25(40-16-13-24(14-17-40)39(4)15-8-18-41)11-12-26(28)37-32-34-21-23(20-33)31(38-32)36-27-9-6-7-10-29(27)43-22(2)3/h5-7,9-12,19,21-22,24,41H,1,8,13-18H2,2-4H3,(H,35,42)(H2,34,36,37,38). The van der Waals surface area contributed by atoms with Crippen molar-refractivity contribution >= 4 is 40.4 Å². The number of rotatable bonds is 13. The third kappa shape index (κ3) is 8.44. The van der Waals surface area contributed by atoms with Crippen LogP contribution in [0.25, 0.3) is 0 Å². The van der Waals surface area contributed by atoms with Gasteiger partial charge in [-0.1, -0.05) is 18.7 Å². The van der Waals surface area contributed by atoms with Crippen LogP contribution in [0.3, 0.4) is 0 Å². The molecular formula is C32H40N8O3. The fourth-order valence-corrected chi connectivity index (χ4v) is 4.99. The van der Waals surface area contributed by atoms with Crippen molar-refractivity contribution in [3.63, 3.8) is 0 Å². The maximum Gasteiger partial charge on any atom is 0.247 e. The first-order valence-corrected chi connectivity index (χ1v) is 14.5. The predicted molar refractivity (Wildman–Crippen MR) is 170 cm³/mol. The normalized spacial score (nSPS) is 13.5. The van der Waals surface area contributed by atoms with E-state index in [1.54, 1.807) is 0 Å². The molecule has 11 heteroatoms. The van der Waals surface area contributed by atoms with Crippen molar-refractivity contribution in [1.29, 1.82) is 5.26 Å². The highest BCUT2D eigenvalue weighted by molar-refractivity contribution is 6.02. The highest BCUT2D eigenvalue weighted by Gasteiger charge is 2.23. The molecule has 1 aliphatic heterocycles. The van der Waals surface area contributed by atoms with Gasteiger partial charge in [-0.2, -0.15) is 10.2 Å². The van der Waals surface area contributed by atoms with E-state index < -0.39 is 0 Å². The number of ether oxygens (including phenoxy) is 1. The zero-order chi connectivity index (χ0) is 30.8. The van der Waals surface area contributed by atoms with Gasteiger partial charge >= 0.3 is 0 Å². The summed E-state index contributed by atoms with van der Waals surface area (Å²) in [6, 6.07) is 15.9. The summed E-state index contributed by atoms with van der Waals surface area (Å²) >= 11 is 0. The van der Waals surface area contributed by atoms with E-state index in [1.165, 1.54) is 12.3 Å². The monoisotopic (exact) mass is 584 g/mol. The number of nitrogens with zero attached hydrogens (tertiary/aromatic N) is 5. The van der Waals surface area contributed by atoms with E-state index in [-0.39, 0.29) is 30.1 Å². The first-order valence-electron chi connectivity index (χ1n) is 14.5. The number of nitrogens with one attached hydrogen (secondary N) is 3. The summed E-state index contributed by atoms with van der Waals surface area (Å²) in [7, 11) is 2.11. The van der Waals surface area contributed by atoms with E-state index in [9.17, 15) is 10.1 Å². The number of para-hydroxylation sites is 2. The minimum absolute atomic E-state index is 0.0299. The lowest BCUT2D eigenvalue weighted by atomic mass is 10.0. The number of carbonyl (C=O) groups excluding carboxylic acids is 1. The van der Waals surface area contributed by atoms with Crippen LogP contribution in [0.2, 0.25) is 0 Å². The Kier molecular flexibility index (Phi) is 10.9. The van der Waals surface area contributed by atoms with Crippen molar-refractivity contribution < 1.29 is 14.6 Å². The van der Waals surface area contributed by atoms with E-state index in [0.717, 1.165) is 44.6 Å². The van der Waals surface area contributed by atoms with E-state index in [1.807, 2.05) is 56.3 Å². The molecule has 1 aliphatic rings. The van der Waals surface area contributed by atoms with Gasteiger partial charge in [0.1, 0.15) is 17.4 Å². The smallest absolute Gasteiger partial charge is 0.247 e. The molecule has 1 aromatic heterocycles. The van der Waals surface area contributed by atoms with Crippen LogP contribution in [0.15, 0.2) is 61.3 Å². The van der Waals surface area contributed by atoms with E-state index in [0.29, 0.717) is 34.7 Å². The van der Waals surface area contributed by atoms with Gasteiger partial charge in [0.05, 0.1) is 29.4 Å². The molecule has 1 fully saturated rings. The average molecular weight is 585 g/mol. The van der Waals surface area contributed by atoms with Crippen molar-refractivity contribution in [3.05, 3.63) is 66.9 Å². The Morgan fingerprint density at radius 1 is 1.21 bits per heavy atom. The predicted octanol–water partition coefficient (Wildman–Crippen LogP) is 5.03. The van der Waals surface area contributed by atoms with Gasteiger partial charge in [-0.05, 0) is 76.6 Å². The third-order valence-corrected chi connectivity index (χ3v) is 7.23. The zero-order valence-electron chi connectivity index (χ0n) is 25.0. The molecular weight excluding hydrogens is 544 g/mol. The Morgan fingerprint density at radius 2 is 1.98 bits per heavy atom. The van der Waals surface area contributed by atoms with Gasteiger partial charge in [0.15, 0.2) is 5.82 Å². The molecule has 3 aromatic rings. The van der Waals surface area contributed by atoms with Crippen LogP contribution in [0.4, 0.5) is 34.5 Å². The van der Waals surface area contributed by atoms with Crippen molar-refractivity contribution in [2.24, 2.45) is 0 Å². The van der Waals surface area contributed by atoms with Crippen molar-refractivity contribution in [1.82, 2.24) is 14.9 Å². The molecule has 11 nitrogen and oxygen atoms in total. The Balaban J connectivity index is 1.55. The van der Waals surface area contributed by atoms with E-state index in [4.69, 9.17) is 9.84 Å². The van der Waals surface area contributed by atoms with Gasteiger partial charge in [-0.3, -0.25) is 4.79 Å². The van der Waals surface area contributed by atoms with Crippen LogP contribution in [-0.4, -0.2) is 71.3 Å². The van der Waals surface area contributed by atoms with Crippen LogP contribution in [0.1, 0.15) is 38.7 Å². The summed E-state index contributed by atoms with van der Waals surface area (Å²) in [4.78, 5) is 25.9. The number of benzene rings is 2. The lowest BCUT2D eigenvalue weighted by Crippen LogP contribution is -2.43. The Morgan fingerprint density at radius 3 is 2.67 bits per heavy atom. The Labute approximate surface area is 253 Å². The van der Waals surface area contributed by atoms with Crippen molar-refractivity contribution in [3.8, 4) is 11.8 Å². The maximum atomic E-state index is 12.3. The van der Waals surface area contributed by atoms with E-state index >= 15 is 0 Å². The highest BCUT2D eigenvalue weighted by atomic mass is 16.5. The number of amides is 1. The molecule has 226 valence electrons. The van der Waals surface area contributed by atoms with Gasteiger partial charge in [-0.15, -0.1) is 0 Å². The molecule has 4 rings (SSSR count). The summed E-state index contributed by atoms with van der Waals surface area (Å²) in [5.41, 5.74) is 3.08. The lowest BCUT2D eigenvalue weighted by molar-refractivity contribution is -0.111. The third-order valence-electron chi connectivity index (χ3n) is 7.23. The number of carbonyl (C=O) groups is 1. The summed E-state index contributed by atoms with van der Waals surface area (Å²) in [6.07, 6.45) is 5.44. The van der Waals surface area contributed by atoms with Crippen LogP contribution >= 0.6 is 0 Å². The molecule has 2 aromatic carbocycles. The van der Waals surface area contributed by atoms with Crippen molar-refractivity contribution in [2.45, 2.75) is 45.3 Å². The number of piperidine rings is 1. The fraction of sp³-hybridized carbons (Fsp3) is 0.375. The second kappa shape index (κ2) is 15.0. The van der Waals surface area contributed by atoms with Crippen LogP contribution < -0.4 is 25.6 Å². The molecule has 1 amide bonds. The number of nitriles is 1. The van der Waals surface area contributed by atoms with Gasteiger partial charge in [0, 0.05) is 38.0 Å². The fourth-order valence-electron chi connectivity index (χ4n) is 4.99. The molecule has 43 heavy (non-hydrogen) atoms.